The van der Waals surface area contributed by atoms with Gasteiger partial charge in [0.25, 0.3) is 0 Å². The lowest BCUT2D eigenvalue weighted by Gasteiger charge is -2.38. The second kappa shape index (κ2) is 8.20. The van der Waals surface area contributed by atoms with Crippen molar-refractivity contribution in [3.8, 4) is 0 Å². The van der Waals surface area contributed by atoms with E-state index in [0.717, 1.165) is 6.92 Å². The molecule has 4 atom stereocenters. The summed E-state index contributed by atoms with van der Waals surface area (Å²) in [6.45, 7) is 3.49. The van der Waals surface area contributed by atoms with Gasteiger partial charge in [-0.15, -0.1) is 0 Å². The van der Waals surface area contributed by atoms with Crippen LogP contribution in [0.25, 0.3) is 10.4 Å². The van der Waals surface area contributed by atoms with Crippen molar-refractivity contribution in [2.75, 3.05) is 6.61 Å². The zero-order valence-electron chi connectivity index (χ0n) is 12.4. The van der Waals surface area contributed by atoms with Crippen molar-refractivity contribution in [2.24, 2.45) is 5.11 Å². The number of nitrogens with zero attached hydrogens (tertiary/aromatic N) is 3. The molecule has 22 heavy (non-hydrogen) atoms. The summed E-state index contributed by atoms with van der Waals surface area (Å²) in [6.07, 6.45) is -2.62. The zero-order chi connectivity index (χ0) is 16.7. The van der Waals surface area contributed by atoms with E-state index in [1.54, 1.807) is 0 Å². The number of carbonyl (C=O) groups is 3. The number of carbonyl (C=O) groups excluding carboxylic acids is 3. The van der Waals surface area contributed by atoms with Gasteiger partial charge in [-0.05, 0) is 5.53 Å². The Kier molecular flexibility index (Phi) is 6.61. The van der Waals surface area contributed by atoms with Crippen molar-refractivity contribution in [1.82, 2.24) is 0 Å². The van der Waals surface area contributed by atoms with Gasteiger partial charge < -0.3 is 18.9 Å². The molecule has 0 bridgehead atoms. The third-order valence-corrected chi connectivity index (χ3v) is 2.74. The lowest BCUT2D eigenvalue weighted by atomic mass is 10.0. The summed E-state index contributed by atoms with van der Waals surface area (Å²) >= 11 is 0. The van der Waals surface area contributed by atoms with Gasteiger partial charge in [0.1, 0.15) is 18.8 Å². The molecule has 10 heteroatoms. The van der Waals surface area contributed by atoms with Crippen LogP contribution in [0.15, 0.2) is 5.11 Å². The van der Waals surface area contributed by atoms with E-state index in [0.29, 0.717) is 0 Å². The maximum absolute atomic E-state index is 11.2. The molecule has 1 aliphatic rings. The minimum atomic E-state index is -1.23. The van der Waals surface area contributed by atoms with Crippen LogP contribution in [0.2, 0.25) is 0 Å². The first-order chi connectivity index (χ1) is 10.3. The summed E-state index contributed by atoms with van der Waals surface area (Å²) < 4.78 is 20.3. The number of hydrogen-bond acceptors (Lipinski definition) is 8. The summed E-state index contributed by atoms with van der Waals surface area (Å²) in [5.74, 6) is -1.75. The van der Waals surface area contributed by atoms with Crippen molar-refractivity contribution >= 4 is 17.9 Å². The molecule has 1 saturated heterocycles. The van der Waals surface area contributed by atoms with Crippen LogP contribution >= 0.6 is 0 Å². The molecule has 1 heterocycles. The molecule has 0 spiro atoms. The fraction of sp³-hybridized carbons (Fsp3) is 0.750. The van der Waals surface area contributed by atoms with Crippen LogP contribution in [-0.4, -0.2) is 49.1 Å². The van der Waals surface area contributed by atoms with Gasteiger partial charge in [-0.2, -0.15) is 0 Å². The van der Waals surface area contributed by atoms with Crippen LogP contribution in [0.4, 0.5) is 0 Å². The highest BCUT2D eigenvalue weighted by atomic mass is 16.7. The Morgan fingerprint density at radius 1 is 1.18 bits per heavy atom. The third-order valence-electron chi connectivity index (χ3n) is 2.74. The average Bonchev–Trinajstić information content (AvgIpc) is 2.38. The molecule has 10 nitrogen and oxygen atoms in total. The Morgan fingerprint density at radius 2 is 1.82 bits per heavy atom. The van der Waals surface area contributed by atoms with E-state index in [9.17, 15) is 14.4 Å². The monoisotopic (exact) mass is 315 g/mol. The van der Waals surface area contributed by atoms with Gasteiger partial charge in [-0.1, -0.05) is 5.11 Å². The molecule has 1 fully saturated rings. The van der Waals surface area contributed by atoms with Crippen LogP contribution in [0.3, 0.4) is 0 Å². The Hall–Kier alpha value is -2.32. The van der Waals surface area contributed by atoms with Crippen molar-refractivity contribution in [1.29, 1.82) is 0 Å². The number of ether oxygens (including phenoxy) is 4. The topological polar surface area (TPSA) is 137 Å². The summed E-state index contributed by atoms with van der Waals surface area (Å²) in [5.41, 5.74) is 8.62. The SMILES string of the molecule is CC(=O)OCC1CC(OC(C)=O)C(N=[N+]=[N-])C(OC(C)=O)O1. The Balaban J connectivity index is 2.92. The molecule has 0 aromatic rings. The first-order valence-corrected chi connectivity index (χ1v) is 6.51. The molecule has 1 aliphatic heterocycles. The molecule has 0 radical (unpaired) electrons. The minimum absolute atomic E-state index is 0.103. The van der Waals surface area contributed by atoms with E-state index in [2.05, 4.69) is 10.0 Å². The Morgan fingerprint density at radius 3 is 2.32 bits per heavy atom. The van der Waals surface area contributed by atoms with Crippen LogP contribution in [-0.2, 0) is 33.3 Å². The molecular formula is C12H17N3O7. The maximum atomic E-state index is 11.2. The average molecular weight is 315 g/mol. The third kappa shape index (κ3) is 5.58. The molecule has 0 saturated carbocycles. The number of esters is 3. The van der Waals surface area contributed by atoms with Gasteiger partial charge in [0.05, 0.1) is 6.10 Å². The number of hydrogen-bond donors (Lipinski definition) is 0. The van der Waals surface area contributed by atoms with Crippen LogP contribution in [0.5, 0.6) is 0 Å². The predicted molar refractivity (Wildman–Crippen MR) is 70.2 cm³/mol. The molecule has 4 unspecified atom stereocenters. The Labute approximate surface area is 126 Å². The first kappa shape index (κ1) is 17.7. The maximum Gasteiger partial charge on any atom is 0.304 e. The quantitative estimate of drug-likeness (QED) is 0.241. The molecule has 0 aliphatic carbocycles. The molecule has 1 rings (SSSR count). The van der Waals surface area contributed by atoms with Crippen LogP contribution in [0.1, 0.15) is 27.2 Å². The van der Waals surface area contributed by atoms with E-state index in [-0.39, 0.29) is 13.0 Å². The van der Waals surface area contributed by atoms with Gasteiger partial charge in [-0.3, -0.25) is 14.4 Å². The van der Waals surface area contributed by atoms with Gasteiger partial charge in [0, 0.05) is 32.1 Å². The van der Waals surface area contributed by atoms with Crippen molar-refractivity contribution < 1.29 is 33.3 Å². The van der Waals surface area contributed by atoms with Crippen molar-refractivity contribution in [3.63, 3.8) is 0 Å². The van der Waals surface area contributed by atoms with E-state index < -0.39 is 42.4 Å². The summed E-state index contributed by atoms with van der Waals surface area (Å²) in [4.78, 5) is 35.8. The second-order valence-corrected chi connectivity index (χ2v) is 4.62. The molecule has 122 valence electrons. The molecule has 0 aromatic carbocycles. The zero-order valence-corrected chi connectivity index (χ0v) is 12.4. The number of rotatable bonds is 5. The standard InChI is InChI=1S/C12H17N3O7/c1-6(16)19-5-9-4-10(20-7(2)17)11(14-15-13)12(22-9)21-8(3)18/h9-12H,4-5H2,1-3H3. The molecule has 0 aromatic heterocycles. The van der Waals surface area contributed by atoms with Crippen molar-refractivity contribution in [2.45, 2.75) is 51.7 Å². The van der Waals surface area contributed by atoms with E-state index in [4.69, 9.17) is 24.5 Å². The van der Waals surface area contributed by atoms with Gasteiger partial charge in [0.15, 0.2) is 0 Å². The Bertz CT molecular complexity index is 463. The normalized spacial score (nSPS) is 27.2. The van der Waals surface area contributed by atoms with Crippen LogP contribution in [0, 0.1) is 0 Å². The summed E-state index contributed by atoms with van der Waals surface area (Å²) in [6, 6.07) is -1.02. The predicted octanol–water partition coefficient (Wildman–Crippen LogP) is 0.838. The largest absolute Gasteiger partial charge is 0.463 e. The smallest absolute Gasteiger partial charge is 0.304 e. The summed E-state index contributed by atoms with van der Waals surface area (Å²) in [7, 11) is 0. The van der Waals surface area contributed by atoms with E-state index >= 15 is 0 Å². The first-order valence-electron chi connectivity index (χ1n) is 6.51. The second-order valence-electron chi connectivity index (χ2n) is 4.62. The van der Waals surface area contributed by atoms with Crippen molar-refractivity contribution in [3.05, 3.63) is 10.4 Å². The fourth-order valence-corrected chi connectivity index (χ4v) is 2.00. The minimum Gasteiger partial charge on any atom is -0.463 e. The summed E-state index contributed by atoms with van der Waals surface area (Å²) in [5, 5.41) is 3.48. The molecular weight excluding hydrogens is 298 g/mol. The lowest BCUT2D eigenvalue weighted by molar-refractivity contribution is -0.233. The van der Waals surface area contributed by atoms with Gasteiger partial charge in [0.2, 0.25) is 6.29 Å². The lowest BCUT2D eigenvalue weighted by Crippen LogP contribution is -2.51. The number of azide groups is 1. The van der Waals surface area contributed by atoms with Gasteiger partial charge in [-0.25, -0.2) is 0 Å². The van der Waals surface area contributed by atoms with E-state index in [1.807, 2.05) is 0 Å². The van der Waals surface area contributed by atoms with Crippen LogP contribution < -0.4 is 0 Å². The fourth-order valence-electron chi connectivity index (χ4n) is 2.00. The molecule has 0 N–H and O–H groups in total. The highest BCUT2D eigenvalue weighted by Gasteiger charge is 2.42. The highest BCUT2D eigenvalue weighted by Crippen LogP contribution is 2.27. The van der Waals surface area contributed by atoms with E-state index in [1.165, 1.54) is 13.8 Å². The van der Waals surface area contributed by atoms with Gasteiger partial charge >= 0.3 is 17.9 Å². The molecule has 0 amide bonds. The highest BCUT2D eigenvalue weighted by molar-refractivity contribution is 5.67.